The average Bonchev–Trinajstić information content (AvgIpc) is 2.88. The van der Waals surface area contributed by atoms with Gasteiger partial charge in [-0.25, -0.2) is 0 Å². The van der Waals surface area contributed by atoms with Crippen molar-refractivity contribution >= 4 is 11.9 Å². The molecule has 1 N–H and O–H groups in total. The average molecular weight is 407 g/mol. The van der Waals surface area contributed by atoms with Crippen LogP contribution in [0.3, 0.4) is 0 Å². The second kappa shape index (κ2) is 8.63. The first-order valence-corrected chi connectivity index (χ1v) is 10.7. The lowest BCUT2D eigenvalue weighted by atomic mass is 9.68. The van der Waals surface area contributed by atoms with Gasteiger partial charge in [-0.05, 0) is 63.4 Å². The van der Waals surface area contributed by atoms with Gasteiger partial charge >= 0.3 is 11.9 Å². The largest absolute Gasteiger partial charge is 0.462 e. The highest BCUT2D eigenvalue weighted by Gasteiger charge is 2.54. The minimum atomic E-state index is -0.909. The van der Waals surface area contributed by atoms with E-state index in [4.69, 9.17) is 9.47 Å². The molecule has 0 bridgehead atoms. The molecule has 1 saturated carbocycles. The number of rotatable bonds is 3. The van der Waals surface area contributed by atoms with E-state index < -0.39 is 17.3 Å². The highest BCUT2D eigenvalue weighted by molar-refractivity contribution is 5.67. The van der Waals surface area contributed by atoms with E-state index in [2.05, 4.69) is 26.0 Å². The summed E-state index contributed by atoms with van der Waals surface area (Å²) in [7, 11) is 0. The summed E-state index contributed by atoms with van der Waals surface area (Å²) in [4.78, 5) is 23.9. The highest BCUT2D eigenvalue weighted by Crippen LogP contribution is 2.55. The summed E-state index contributed by atoms with van der Waals surface area (Å²) in [6.45, 7) is 12.7. The van der Waals surface area contributed by atoms with Crippen LogP contribution < -0.4 is 0 Å². The fourth-order valence-electron chi connectivity index (χ4n) is 5.26. The lowest BCUT2D eigenvalue weighted by Crippen LogP contribution is -2.47. The third-order valence-corrected chi connectivity index (χ3v) is 6.58. The van der Waals surface area contributed by atoms with Gasteiger partial charge in [-0.2, -0.15) is 0 Å². The van der Waals surface area contributed by atoms with Crippen LogP contribution in [0.15, 0.2) is 24.3 Å². The summed E-state index contributed by atoms with van der Waals surface area (Å²) in [5.74, 6) is -0.524. The van der Waals surface area contributed by atoms with Crippen LogP contribution in [0, 0.1) is 23.2 Å². The van der Waals surface area contributed by atoms with Gasteiger partial charge in [0.2, 0.25) is 0 Å². The van der Waals surface area contributed by atoms with Gasteiger partial charge in [0.15, 0.2) is 0 Å². The minimum absolute atomic E-state index is 0.0388. The van der Waals surface area contributed by atoms with Crippen LogP contribution in [0.5, 0.6) is 0 Å². The zero-order valence-corrected chi connectivity index (χ0v) is 19.0. The summed E-state index contributed by atoms with van der Waals surface area (Å²) in [5, 5.41) is 10.9. The van der Waals surface area contributed by atoms with Gasteiger partial charge in [-0.15, -0.1) is 0 Å². The molecule has 164 valence electrons. The number of carbonyl (C=O) groups excluding carboxylic acids is 2. The van der Waals surface area contributed by atoms with E-state index >= 15 is 0 Å². The second-order valence-electron chi connectivity index (χ2n) is 10.1. The highest BCUT2D eigenvalue weighted by atomic mass is 16.6. The maximum absolute atomic E-state index is 12.0. The first kappa shape index (κ1) is 23.7. The van der Waals surface area contributed by atoms with Crippen LogP contribution in [0.25, 0.3) is 0 Å². The molecule has 0 aliphatic heterocycles. The second-order valence-corrected chi connectivity index (χ2v) is 10.1. The van der Waals surface area contributed by atoms with Crippen molar-refractivity contribution in [2.45, 2.75) is 91.5 Å². The van der Waals surface area contributed by atoms with Crippen LogP contribution >= 0.6 is 0 Å². The maximum atomic E-state index is 12.0. The Kier molecular flexibility index (Phi) is 7.04. The standard InChI is InChI=1S/C24H38O5/c1-16-9-8-12-24(7,29-18(3)26)15-20(28-17(2)25)21-19(22(4,5)27)11-14-23(21,6)13-10-16/h8,10,12-13,16,19-21,27H,9,11,14-15H2,1-7H3. The lowest BCUT2D eigenvalue weighted by Gasteiger charge is -2.43. The van der Waals surface area contributed by atoms with Crippen molar-refractivity contribution in [2.24, 2.45) is 23.2 Å². The van der Waals surface area contributed by atoms with E-state index in [1.165, 1.54) is 13.8 Å². The molecular weight excluding hydrogens is 368 g/mol. The van der Waals surface area contributed by atoms with E-state index in [9.17, 15) is 14.7 Å². The Morgan fingerprint density at radius 3 is 2.34 bits per heavy atom. The van der Waals surface area contributed by atoms with Crippen molar-refractivity contribution in [3.8, 4) is 0 Å². The Hall–Kier alpha value is -1.62. The molecule has 2 aliphatic carbocycles. The van der Waals surface area contributed by atoms with Crippen LogP contribution in [0.1, 0.15) is 74.1 Å². The predicted octanol–water partition coefficient (Wildman–Crippen LogP) is 4.59. The number of hydrogen-bond donors (Lipinski definition) is 1. The topological polar surface area (TPSA) is 72.8 Å². The SMILES string of the molecule is CC(=O)OC1CC(C)(OC(C)=O)C=CCC(C)C=CC2(C)CCC(C(C)(C)O)C12. The molecule has 2 rings (SSSR count). The lowest BCUT2D eigenvalue weighted by molar-refractivity contribution is -0.165. The Balaban J connectivity index is 2.59. The van der Waals surface area contributed by atoms with Crippen LogP contribution in [0.4, 0.5) is 0 Å². The molecule has 0 aromatic heterocycles. The quantitative estimate of drug-likeness (QED) is 0.548. The Labute approximate surface area is 175 Å². The molecule has 0 spiro atoms. The van der Waals surface area contributed by atoms with Gasteiger partial charge in [0.1, 0.15) is 11.7 Å². The van der Waals surface area contributed by atoms with E-state index in [1.54, 1.807) is 0 Å². The van der Waals surface area contributed by atoms with Crippen molar-refractivity contribution in [3.63, 3.8) is 0 Å². The molecule has 29 heavy (non-hydrogen) atoms. The van der Waals surface area contributed by atoms with E-state index in [-0.39, 0.29) is 29.2 Å². The van der Waals surface area contributed by atoms with Crippen LogP contribution in [0.2, 0.25) is 0 Å². The molecule has 5 nitrogen and oxygen atoms in total. The Morgan fingerprint density at radius 2 is 1.79 bits per heavy atom. The molecule has 0 amide bonds. The first-order valence-electron chi connectivity index (χ1n) is 10.7. The molecule has 0 aromatic rings. The molecule has 2 aliphatic rings. The number of ether oxygens (including phenoxy) is 2. The molecule has 0 saturated heterocycles. The summed E-state index contributed by atoms with van der Waals surface area (Å²) in [6, 6.07) is 0. The molecule has 6 unspecified atom stereocenters. The third kappa shape index (κ3) is 5.94. The third-order valence-electron chi connectivity index (χ3n) is 6.58. The molecule has 5 heteroatoms. The summed E-state index contributed by atoms with van der Waals surface area (Å²) in [5.41, 5.74) is -2.02. The van der Waals surface area contributed by atoms with Crippen molar-refractivity contribution in [1.29, 1.82) is 0 Å². The van der Waals surface area contributed by atoms with Crippen molar-refractivity contribution < 1.29 is 24.2 Å². The molecular formula is C24H38O5. The predicted molar refractivity (Wildman–Crippen MR) is 113 cm³/mol. The molecule has 1 fully saturated rings. The van der Waals surface area contributed by atoms with Crippen molar-refractivity contribution in [3.05, 3.63) is 24.3 Å². The monoisotopic (exact) mass is 406 g/mol. The van der Waals surface area contributed by atoms with E-state index in [0.29, 0.717) is 12.3 Å². The number of carbonyl (C=O) groups is 2. The van der Waals surface area contributed by atoms with Gasteiger partial charge in [0.05, 0.1) is 5.60 Å². The van der Waals surface area contributed by atoms with Gasteiger partial charge in [-0.1, -0.05) is 32.1 Å². The number of hydrogen-bond acceptors (Lipinski definition) is 5. The normalized spacial score (nSPS) is 38.1. The van der Waals surface area contributed by atoms with Gasteiger partial charge in [-0.3, -0.25) is 9.59 Å². The fourth-order valence-corrected chi connectivity index (χ4v) is 5.26. The van der Waals surface area contributed by atoms with Crippen molar-refractivity contribution in [2.75, 3.05) is 0 Å². The minimum Gasteiger partial charge on any atom is -0.462 e. The van der Waals surface area contributed by atoms with Crippen LogP contribution in [-0.4, -0.2) is 34.4 Å². The maximum Gasteiger partial charge on any atom is 0.303 e. The van der Waals surface area contributed by atoms with Gasteiger partial charge < -0.3 is 14.6 Å². The molecule has 0 heterocycles. The zero-order chi connectivity index (χ0) is 22.0. The summed E-state index contributed by atoms with van der Waals surface area (Å²) in [6.07, 6.45) is 10.9. The number of allylic oxidation sites excluding steroid dienone is 3. The number of esters is 2. The van der Waals surface area contributed by atoms with Gasteiger partial charge in [0, 0.05) is 26.2 Å². The van der Waals surface area contributed by atoms with E-state index in [0.717, 1.165) is 19.3 Å². The zero-order valence-electron chi connectivity index (χ0n) is 19.0. The van der Waals surface area contributed by atoms with Gasteiger partial charge in [0.25, 0.3) is 0 Å². The first-order chi connectivity index (χ1) is 13.3. The smallest absolute Gasteiger partial charge is 0.303 e. The Morgan fingerprint density at radius 1 is 1.14 bits per heavy atom. The summed E-state index contributed by atoms with van der Waals surface area (Å²) < 4.78 is 11.6. The van der Waals surface area contributed by atoms with Crippen LogP contribution in [-0.2, 0) is 19.1 Å². The number of aliphatic hydroxyl groups is 1. The fraction of sp³-hybridized carbons (Fsp3) is 0.750. The number of fused-ring (bicyclic) bond motifs is 1. The molecule has 6 atom stereocenters. The Bertz CT molecular complexity index is 673. The molecule has 0 radical (unpaired) electrons. The molecule has 0 aromatic carbocycles. The van der Waals surface area contributed by atoms with Crippen molar-refractivity contribution in [1.82, 2.24) is 0 Å². The summed E-state index contributed by atoms with van der Waals surface area (Å²) >= 11 is 0. The van der Waals surface area contributed by atoms with E-state index in [1.807, 2.05) is 32.9 Å².